The van der Waals surface area contributed by atoms with Crippen LogP contribution in [0, 0.1) is 0 Å². The Kier molecular flexibility index (Phi) is 9.73. The summed E-state index contributed by atoms with van der Waals surface area (Å²) < 4.78 is 11.2. The van der Waals surface area contributed by atoms with Crippen molar-refractivity contribution < 1.29 is 18.8 Å². The number of nitrogens with zero attached hydrogens (tertiary/aromatic N) is 2. The van der Waals surface area contributed by atoms with Crippen molar-refractivity contribution in [3.8, 4) is 0 Å². The second-order valence-corrected chi connectivity index (χ2v) is 11.2. The van der Waals surface area contributed by atoms with Crippen LogP contribution in [-0.2, 0) is 9.16 Å². The molecular weight excluding hydrogens is 444 g/mol. The van der Waals surface area contributed by atoms with Crippen LogP contribution in [0.2, 0.25) is 0 Å². The zero-order chi connectivity index (χ0) is 24.1. The molecule has 0 bridgehead atoms. The Hall–Kier alpha value is -3.58. The van der Waals surface area contributed by atoms with Gasteiger partial charge in [0.1, 0.15) is 0 Å². The average Bonchev–Trinajstić information content (AvgIpc) is 2.89. The number of carbonyl (C=O) groups excluding carboxylic acids is 2. The van der Waals surface area contributed by atoms with Gasteiger partial charge in [0.05, 0.1) is 6.61 Å². The third-order valence-corrected chi connectivity index (χ3v) is 9.39. The van der Waals surface area contributed by atoms with Gasteiger partial charge in [-0.1, -0.05) is 134 Å². The van der Waals surface area contributed by atoms with Gasteiger partial charge in [0.15, 0.2) is 0 Å². The van der Waals surface area contributed by atoms with Crippen LogP contribution in [0.3, 0.4) is 0 Å². The molecule has 0 atom stereocenters. The van der Waals surface area contributed by atoms with Crippen molar-refractivity contribution in [3.05, 3.63) is 91.0 Å². The molecule has 0 unspecified atom stereocenters. The highest BCUT2D eigenvalue weighted by Crippen LogP contribution is 2.11. The van der Waals surface area contributed by atoms with Crippen LogP contribution in [0.4, 0.5) is 9.59 Å². The first-order valence-electron chi connectivity index (χ1n) is 11.6. The maximum Gasteiger partial charge on any atom is 0.452 e. The molecule has 2 amide bonds. The molecule has 0 fully saturated rings. The molecule has 0 aliphatic heterocycles. The van der Waals surface area contributed by atoms with E-state index >= 15 is 0 Å². The van der Waals surface area contributed by atoms with Crippen molar-refractivity contribution in [2.75, 3.05) is 6.61 Å². The number of unbranched alkanes of at least 4 members (excludes halogenated alkanes) is 4. The van der Waals surface area contributed by atoms with Crippen LogP contribution < -0.4 is 15.6 Å². The number of hydrogen-bond acceptors (Lipinski definition) is 4. The molecule has 0 radical (unpaired) electrons. The number of azo groups is 1. The van der Waals surface area contributed by atoms with Gasteiger partial charge in [-0.3, -0.25) is 0 Å². The molecule has 3 aromatic rings. The lowest BCUT2D eigenvalue weighted by Crippen LogP contribution is -2.69. The molecule has 0 spiro atoms. The number of rotatable bonds is 10. The first-order valence-corrected chi connectivity index (χ1v) is 13.6. The molecule has 0 saturated heterocycles. The van der Waals surface area contributed by atoms with Gasteiger partial charge in [0.25, 0.3) is 0 Å². The summed E-state index contributed by atoms with van der Waals surface area (Å²) in [6.07, 6.45) is 3.34. The van der Waals surface area contributed by atoms with Crippen molar-refractivity contribution >= 4 is 36.1 Å². The van der Waals surface area contributed by atoms with Crippen LogP contribution in [-0.4, -0.2) is 27.1 Å². The minimum atomic E-state index is -3.26. The van der Waals surface area contributed by atoms with Crippen molar-refractivity contribution in [1.29, 1.82) is 0 Å². The fraction of sp³-hybridized carbons (Fsp3) is 0.259. The summed E-state index contributed by atoms with van der Waals surface area (Å²) in [5.74, 6) is 0. The topological polar surface area (TPSA) is 77.3 Å². The summed E-state index contributed by atoms with van der Waals surface area (Å²) in [5, 5.41) is 9.61. The molecule has 0 N–H and O–H groups in total. The summed E-state index contributed by atoms with van der Waals surface area (Å²) >= 11 is 0. The fourth-order valence-electron chi connectivity index (χ4n) is 3.82. The lowest BCUT2D eigenvalue weighted by Gasteiger charge is -2.31. The largest absolute Gasteiger partial charge is 0.487 e. The van der Waals surface area contributed by atoms with E-state index in [2.05, 4.69) is 17.2 Å². The van der Waals surface area contributed by atoms with Crippen molar-refractivity contribution in [2.45, 2.75) is 39.0 Å². The maximum atomic E-state index is 12.9. The van der Waals surface area contributed by atoms with Crippen LogP contribution >= 0.6 is 0 Å². The molecule has 0 saturated carbocycles. The minimum Gasteiger partial charge on any atom is -0.487 e. The van der Waals surface area contributed by atoms with Gasteiger partial charge in [-0.15, -0.1) is 0 Å². The predicted octanol–water partition coefficient (Wildman–Crippen LogP) is 5.35. The standard InChI is InChI=1S/C27H30N2O4Si/c1-2-3-4-5-15-22-32-26(30)28-29-27(31)33-34(23-16-9-6-10-17-23,24-18-11-7-12-19-24)25-20-13-8-14-21-25/h6-14,16-21H,2-5,15,22H2,1H3/b29-28+. The molecule has 7 heteroatoms. The number of benzene rings is 3. The van der Waals surface area contributed by atoms with Gasteiger partial charge >= 0.3 is 20.5 Å². The summed E-state index contributed by atoms with van der Waals surface area (Å²) in [6.45, 7) is 2.40. The highest BCUT2D eigenvalue weighted by molar-refractivity contribution is 7.07. The predicted molar refractivity (Wildman–Crippen MR) is 135 cm³/mol. The number of hydrogen-bond donors (Lipinski definition) is 0. The minimum absolute atomic E-state index is 0.257. The Morgan fingerprint density at radius 1 is 0.647 bits per heavy atom. The zero-order valence-electron chi connectivity index (χ0n) is 19.4. The lowest BCUT2D eigenvalue weighted by atomic mass is 10.2. The molecule has 0 aliphatic rings. The first kappa shape index (κ1) is 25.0. The van der Waals surface area contributed by atoms with Crippen molar-refractivity contribution in [1.82, 2.24) is 0 Å². The molecule has 176 valence electrons. The maximum absolute atomic E-state index is 12.9. The number of amides is 2. The molecule has 0 aliphatic carbocycles. The number of ether oxygens (including phenoxy) is 1. The second kappa shape index (κ2) is 13.2. The van der Waals surface area contributed by atoms with Gasteiger partial charge in [0.2, 0.25) is 0 Å². The monoisotopic (exact) mass is 474 g/mol. The van der Waals surface area contributed by atoms with E-state index in [0.717, 1.165) is 47.7 Å². The first-order chi connectivity index (χ1) is 16.7. The van der Waals surface area contributed by atoms with Gasteiger partial charge in [0, 0.05) is 0 Å². The molecule has 3 aromatic carbocycles. The SMILES string of the molecule is CCCCCCCOC(=O)/N=N/C(=O)O[Si](c1ccccc1)(c1ccccc1)c1ccccc1. The van der Waals surface area contributed by atoms with E-state index in [0.29, 0.717) is 0 Å². The van der Waals surface area contributed by atoms with E-state index in [1.807, 2.05) is 91.0 Å². The highest BCUT2D eigenvalue weighted by Gasteiger charge is 2.45. The van der Waals surface area contributed by atoms with Crippen LogP contribution in [0.25, 0.3) is 0 Å². The van der Waals surface area contributed by atoms with Crippen molar-refractivity contribution in [2.24, 2.45) is 10.2 Å². The Labute approximate surface area is 201 Å². The van der Waals surface area contributed by atoms with E-state index in [9.17, 15) is 9.59 Å². The smallest absolute Gasteiger partial charge is 0.452 e. The van der Waals surface area contributed by atoms with Crippen LogP contribution in [0.5, 0.6) is 0 Å². The highest BCUT2D eigenvalue weighted by atomic mass is 28.4. The van der Waals surface area contributed by atoms with Gasteiger partial charge in [-0.25, -0.2) is 9.59 Å². The summed E-state index contributed by atoms with van der Waals surface area (Å²) in [7, 11) is -3.26. The van der Waals surface area contributed by atoms with E-state index < -0.39 is 20.5 Å². The second-order valence-electron chi connectivity index (χ2n) is 7.88. The fourth-order valence-corrected chi connectivity index (χ4v) is 7.46. The van der Waals surface area contributed by atoms with E-state index in [1.165, 1.54) is 0 Å². The van der Waals surface area contributed by atoms with Gasteiger partial charge in [-0.2, -0.15) is 0 Å². The van der Waals surface area contributed by atoms with Crippen LogP contribution in [0.1, 0.15) is 39.0 Å². The zero-order valence-corrected chi connectivity index (χ0v) is 20.4. The lowest BCUT2D eigenvalue weighted by molar-refractivity contribution is 0.151. The Balaban J connectivity index is 1.82. The van der Waals surface area contributed by atoms with E-state index in [4.69, 9.17) is 9.16 Å². The Morgan fingerprint density at radius 2 is 1.09 bits per heavy atom. The molecule has 6 nitrogen and oxygen atoms in total. The van der Waals surface area contributed by atoms with Crippen LogP contribution in [0.15, 0.2) is 101 Å². The van der Waals surface area contributed by atoms with Gasteiger partial charge in [-0.05, 0) is 22.0 Å². The number of carbonyl (C=O) groups is 2. The average molecular weight is 475 g/mol. The molecular formula is C27H30N2O4Si. The Morgan fingerprint density at radius 3 is 1.56 bits per heavy atom. The third kappa shape index (κ3) is 6.71. The molecule has 0 heterocycles. The third-order valence-electron chi connectivity index (χ3n) is 5.47. The van der Waals surface area contributed by atoms with E-state index in [-0.39, 0.29) is 6.61 Å². The Bertz CT molecular complexity index is 963. The van der Waals surface area contributed by atoms with E-state index in [1.54, 1.807) is 0 Å². The molecule has 3 rings (SSSR count). The summed E-state index contributed by atoms with van der Waals surface area (Å²) in [4.78, 5) is 24.8. The summed E-state index contributed by atoms with van der Waals surface area (Å²) in [5.41, 5.74) is 0. The molecule has 0 aromatic heterocycles. The normalized spacial score (nSPS) is 11.3. The molecule has 34 heavy (non-hydrogen) atoms. The van der Waals surface area contributed by atoms with Crippen molar-refractivity contribution in [3.63, 3.8) is 0 Å². The summed E-state index contributed by atoms with van der Waals surface area (Å²) in [6, 6.07) is 28.9. The quantitative estimate of drug-likeness (QED) is 0.172. The van der Waals surface area contributed by atoms with Gasteiger partial charge < -0.3 is 9.16 Å².